The maximum Gasteiger partial charge on any atom is 0.407 e. The first-order valence-corrected chi connectivity index (χ1v) is 5.71. The van der Waals surface area contributed by atoms with E-state index in [1.807, 2.05) is 51.1 Å². The van der Waals surface area contributed by atoms with Gasteiger partial charge in [-0.25, -0.2) is 4.79 Å². The first kappa shape index (κ1) is 13.4. The molecule has 0 fully saturated rings. The van der Waals surface area contributed by atoms with Crippen molar-refractivity contribution in [1.82, 2.24) is 5.32 Å². The number of anilines is 1. The van der Waals surface area contributed by atoms with E-state index in [0.29, 0.717) is 13.2 Å². The summed E-state index contributed by atoms with van der Waals surface area (Å²) in [4.78, 5) is 11.3. The SMILES string of the molecule is CC(C)(C)NC(=O)OCCNc1ccccc1. The van der Waals surface area contributed by atoms with E-state index in [-0.39, 0.29) is 11.6 Å². The van der Waals surface area contributed by atoms with Crippen molar-refractivity contribution >= 4 is 11.8 Å². The Balaban J connectivity index is 2.14. The van der Waals surface area contributed by atoms with Crippen molar-refractivity contribution in [3.8, 4) is 0 Å². The van der Waals surface area contributed by atoms with E-state index >= 15 is 0 Å². The van der Waals surface area contributed by atoms with Gasteiger partial charge in [-0.2, -0.15) is 0 Å². The molecule has 1 aromatic rings. The number of carbonyl (C=O) groups excluding carboxylic acids is 1. The Morgan fingerprint density at radius 1 is 1.24 bits per heavy atom. The molecular weight excluding hydrogens is 216 g/mol. The molecule has 0 spiro atoms. The summed E-state index contributed by atoms with van der Waals surface area (Å²) in [6.07, 6.45) is -0.382. The zero-order valence-corrected chi connectivity index (χ0v) is 10.6. The Morgan fingerprint density at radius 2 is 1.88 bits per heavy atom. The number of hydrogen-bond acceptors (Lipinski definition) is 3. The van der Waals surface area contributed by atoms with Gasteiger partial charge in [0.25, 0.3) is 0 Å². The fraction of sp³-hybridized carbons (Fsp3) is 0.462. The number of amides is 1. The minimum absolute atomic E-state index is 0.260. The number of rotatable bonds is 4. The van der Waals surface area contributed by atoms with E-state index in [4.69, 9.17) is 4.74 Å². The molecule has 1 aromatic carbocycles. The molecule has 0 heterocycles. The Labute approximate surface area is 102 Å². The molecular formula is C13H20N2O2. The van der Waals surface area contributed by atoms with Gasteiger partial charge in [-0.1, -0.05) is 18.2 Å². The van der Waals surface area contributed by atoms with E-state index in [9.17, 15) is 4.79 Å². The van der Waals surface area contributed by atoms with Crippen LogP contribution in [0, 0.1) is 0 Å². The van der Waals surface area contributed by atoms with Crippen LogP contribution >= 0.6 is 0 Å². The smallest absolute Gasteiger partial charge is 0.407 e. The Morgan fingerprint density at radius 3 is 2.47 bits per heavy atom. The molecule has 0 saturated carbocycles. The largest absolute Gasteiger partial charge is 0.448 e. The number of carbonyl (C=O) groups is 1. The monoisotopic (exact) mass is 236 g/mol. The van der Waals surface area contributed by atoms with Crippen LogP contribution in [0.1, 0.15) is 20.8 Å². The van der Waals surface area contributed by atoms with Crippen LogP contribution in [0.2, 0.25) is 0 Å². The third-order valence-corrected chi connectivity index (χ3v) is 1.92. The predicted molar refractivity (Wildman–Crippen MR) is 69.2 cm³/mol. The number of hydrogen-bond donors (Lipinski definition) is 2. The van der Waals surface area contributed by atoms with Gasteiger partial charge in [-0.3, -0.25) is 0 Å². The van der Waals surface area contributed by atoms with Gasteiger partial charge in [0.05, 0.1) is 0 Å². The summed E-state index contributed by atoms with van der Waals surface area (Å²) in [7, 11) is 0. The third-order valence-electron chi connectivity index (χ3n) is 1.92. The van der Waals surface area contributed by atoms with Crippen LogP contribution in [-0.4, -0.2) is 24.8 Å². The molecule has 0 aromatic heterocycles. The van der Waals surface area contributed by atoms with E-state index in [1.165, 1.54) is 0 Å². The lowest BCUT2D eigenvalue weighted by Gasteiger charge is -2.20. The van der Waals surface area contributed by atoms with Crippen molar-refractivity contribution in [2.45, 2.75) is 26.3 Å². The van der Waals surface area contributed by atoms with Gasteiger partial charge in [-0.15, -0.1) is 0 Å². The molecule has 4 heteroatoms. The molecule has 0 aliphatic heterocycles. The van der Waals surface area contributed by atoms with Crippen LogP contribution < -0.4 is 10.6 Å². The summed E-state index contributed by atoms with van der Waals surface area (Å²) >= 11 is 0. The summed E-state index contributed by atoms with van der Waals surface area (Å²) < 4.78 is 5.03. The van der Waals surface area contributed by atoms with Gasteiger partial charge >= 0.3 is 6.09 Å². The molecule has 1 rings (SSSR count). The predicted octanol–water partition coefficient (Wildman–Crippen LogP) is 2.62. The molecule has 1 amide bonds. The number of ether oxygens (including phenoxy) is 1. The molecule has 94 valence electrons. The highest BCUT2D eigenvalue weighted by Gasteiger charge is 2.13. The summed E-state index contributed by atoms with van der Waals surface area (Å²) in [5.41, 5.74) is 0.761. The van der Waals surface area contributed by atoms with E-state index in [0.717, 1.165) is 5.69 Å². The number of para-hydroxylation sites is 1. The Hall–Kier alpha value is -1.71. The van der Waals surface area contributed by atoms with Crippen LogP contribution in [0.15, 0.2) is 30.3 Å². The molecule has 17 heavy (non-hydrogen) atoms. The zero-order chi connectivity index (χ0) is 12.7. The number of alkyl carbamates (subject to hydrolysis) is 1. The highest BCUT2D eigenvalue weighted by atomic mass is 16.5. The topological polar surface area (TPSA) is 50.4 Å². The van der Waals surface area contributed by atoms with Gasteiger partial charge < -0.3 is 15.4 Å². The Kier molecular flexibility index (Phi) is 4.82. The molecule has 0 saturated heterocycles. The second-order valence-corrected chi connectivity index (χ2v) is 4.80. The van der Waals surface area contributed by atoms with Crippen LogP contribution in [0.3, 0.4) is 0 Å². The summed E-state index contributed by atoms with van der Waals surface area (Å²) in [5, 5.41) is 5.89. The fourth-order valence-electron chi connectivity index (χ4n) is 1.24. The molecule has 0 aliphatic rings. The van der Waals surface area contributed by atoms with Gasteiger partial charge in [0.2, 0.25) is 0 Å². The maximum absolute atomic E-state index is 11.3. The average Bonchev–Trinajstić information content (AvgIpc) is 2.23. The lowest BCUT2D eigenvalue weighted by atomic mass is 10.1. The minimum atomic E-state index is -0.382. The van der Waals surface area contributed by atoms with Crippen molar-refractivity contribution in [1.29, 1.82) is 0 Å². The van der Waals surface area contributed by atoms with Crippen molar-refractivity contribution in [3.63, 3.8) is 0 Å². The van der Waals surface area contributed by atoms with Crippen LogP contribution in [0.5, 0.6) is 0 Å². The number of nitrogens with one attached hydrogen (secondary N) is 2. The molecule has 4 nitrogen and oxygen atoms in total. The van der Waals surface area contributed by atoms with Crippen LogP contribution in [0.4, 0.5) is 10.5 Å². The second kappa shape index (κ2) is 6.13. The first-order chi connectivity index (χ1) is 7.97. The highest BCUT2D eigenvalue weighted by molar-refractivity contribution is 5.68. The summed E-state index contributed by atoms with van der Waals surface area (Å²) in [6, 6.07) is 9.80. The summed E-state index contributed by atoms with van der Waals surface area (Å²) in [6.45, 7) is 6.68. The number of benzene rings is 1. The normalized spacial score (nSPS) is 10.8. The van der Waals surface area contributed by atoms with Gasteiger partial charge in [0.1, 0.15) is 6.61 Å². The molecule has 2 N–H and O–H groups in total. The van der Waals surface area contributed by atoms with Crippen LogP contribution in [-0.2, 0) is 4.74 Å². The quantitative estimate of drug-likeness (QED) is 0.790. The standard InChI is InChI=1S/C13H20N2O2/c1-13(2,3)15-12(16)17-10-9-14-11-7-5-4-6-8-11/h4-8,14H,9-10H2,1-3H3,(H,15,16). The molecule has 0 radical (unpaired) electrons. The van der Waals surface area contributed by atoms with E-state index in [1.54, 1.807) is 0 Å². The van der Waals surface area contributed by atoms with Crippen molar-refractivity contribution in [3.05, 3.63) is 30.3 Å². The van der Waals surface area contributed by atoms with Crippen molar-refractivity contribution in [2.24, 2.45) is 0 Å². The van der Waals surface area contributed by atoms with Gasteiger partial charge in [0.15, 0.2) is 0 Å². The van der Waals surface area contributed by atoms with Crippen molar-refractivity contribution < 1.29 is 9.53 Å². The average molecular weight is 236 g/mol. The second-order valence-electron chi connectivity index (χ2n) is 4.80. The molecule has 0 bridgehead atoms. The lowest BCUT2D eigenvalue weighted by Crippen LogP contribution is -2.41. The maximum atomic E-state index is 11.3. The third kappa shape index (κ3) is 6.45. The fourth-order valence-corrected chi connectivity index (χ4v) is 1.24. The highest BCUT2D eigenvalue weighted by Crippen LogP contribution is 2.04. The van der Waals surface area contributed by atoms with Gasteiger partial charge in [-0.05, 0) is 32.9 Å². The first-order valence-electron chi connectivity index (χ1n) is 5.71. The minimum Gasteiger partial charge on any atom is -0.448 e. The summed E-state index contributed by atoms with van der Waals surface area (Å²) in [5.74, 6) is 0. The molecule has 0 aliphatic carbocycles. The van der Waals surface area contributed by atoms with E-state index < -0.39 is 0 Å². The van der Waals surface area contributed by atoms with Gasteiger partial charge in [0, 0.05) is 17.8 Å². The lowest BCUT2D eigenvalue weighted by molar-refractivity contribution is 0.142. The van der Waals surface area contributed by atoms with Crippen molar-refractivity contribution in [2.75, 3.05) is 18.5 Å². The molecule has 0 atom stereocenters. The van der Waals surface area contributed by atoms with E-state index in [2.05, 4.69) is 10.6 Å². The Bertz CT molecular complexity index is 344. The molecule has 0 unspecified atom stereocenters. The zero-order valence-electron chi connectivity index (χ0n) is 10.6. The van der Waals surface area contributed by atoms with Crippen LogP contribution in [0.25, 0.3) is 0 Å².